The first-order valence-corrected chi connectivity index (χ1v) is 4.00. The van der Waals surface area contributed by atoms with Gasteiger partial charge < -0.3 is 16.0 Å². The van der Waals surface area contributed by atoms with E-state index in [1.807, 2.05) is 11.8 Å². The number of carbonyl (C=O) groups is 1. The van der Waals surface area contributed by atoms with Gasteiger partial charge in [0.2, 0.25) is 0 Å². The molecule has 1 heterocycles. The summed E-state index contributed by atoms with van der Waals surface area (Å²) in [5, 5.41) is 2.76. The highest BCUT2D eigenvalue weighted by molar-refractivity contribution is 5.76. The predicted octanol–water partition coefficient (Wildman–Crippen LogP) is -0.251. The molecule has 1 unspecified atom stereocenters. The van der Waals surface area contributed by atoms with Gasteiger partial charge in [-0.3, -0.25) is 0 Å². The van der Waals surface area contributed by atoms with Gasteiger partial charge >= 0.3 is 6.03 Å². The van der Waals surface area contributed by atoms with Gasteiger partial charge in [0, 0.05) is 19.1 Å². The summed E-state index contributed by atoms with van der Waals surface area (Å²) in [5.74, 6) is 0. The van der Waals surface area contributed by atoms with Crippen LogP contribution in [0.1, 0.15) is 13.3 Å². The van der Waals surface area contributed by atoms with Crippen LogP contribution in [0.15, 0.2) is 0 Å². The van der Waals surface area contributed by atoms with Crippen molar-refractivity contribution < 1.29 is 4.79 Å². The summed E-state index contributed by atoms with van der Waals surface area (Å²) in [7, 11) is 0. The molecule has 1 aliphatic heterocycles. The standard InChI is InChI=1S/C7H15N3O/c1-6(2-3-8)10-5-4-9-7(10)11/h6H,2-5,8H2,1H3,(H,9,11). The van der Waals surface area contributed by atoms with Crippen molar-refractivity contribution in [1.29, 1.82) is 0 Å². The third-order valence-electron chi connectivity index (χ3n) is 2.01. The normalized spacial score (nSPS) is 20.2. The van der Waals surface area contributed by atoms with Crippen molar-refractivity contribution in [2.75, 3.05) is 19.6 Å². The molecule has 0 aromatic rings. The molecule has 1 fully saturated rings. The first-order chi connectivity index (χ1) is 5.25. The van der Waals surface area contributed by atoms with Gasteiger partial charge in [-0.05, 0) is 19.9 Å². The Morgan fingerprint density at radius 1 is 1.82 bits per heavy atom. The average molecular weight is 157 g/mol. The van der Waals surface area contributed by atoms with Crippen molar-refractivity contribution in [2.24, 2.45) is 5.73 Å². The van der Waals surface area contributed by atoms with E-state index in [1.165, 1.54) is 0 Å². The Bertz CT molecular complexity index is 149. The summed E-state index contributed by atoms with van der Waals surface area (Å²) in [5.41, 5.74) is 5.38. The number of urea groups is 1. The number of nitrogens with two attached hydrogens (primary N) is 1. The first kappa shape index (κ1) is 8.33. The van der Waals surface area contributed by atoms with Crippen LogP contribution < -0.4 is 11.1 Å². The molecule has 0 aliphatic carbocycles. The molecular formula is C7H15N3O. The summed E-state index contributed by atoms with van der Waals surface area (Å²) in [4.78, 5) is 12.9. The molecule has 0 spiro atoms. The zero-order valence-electron chi connectivity index (χ0n) is 6.84. The molecule has 1 saturated heterocycles. The first-order valence-electron chi connectivity index (χ1n) is 4.00. The molecule has 0 aromatic heterocycles. The fraction of sp³-hybridized carbons (Fsp3) is 0.857. The number of carbonyl (C=O) groups excluding carboxylic acids is 1. The number of nitrogens with zero attached hydrogens (tertiary/aromatic N) is 1. The minimum Gasteiger partial charge on any atom is -0.336 e. The Morgan fingerprint density at radius 3 is 3.00 bits per heavy atom. The lowest BCUT2D eigenvalue weighted by Crippen LogP contribution is -2.37. The molecule has 2 amide bonds. The number of hydrogen-bond acceptors (Lipinski definition) is 2. The second kappa shape index (κ2) is 3.57. The molecule has 3 N–H and O–H groups in total. The van der Waals surface area contributed by atoms with Gasteiger partial charge in [-0.25, -0.2) is 4.79 Å². The lowest BCUT2D eigenvalue weighted by atomic mass is 10.2. The lowest BCUT2D eigenvalue weighted by molar-refractivity contribution is 0.200. The van der Waals surface area contributed by atoms with Crippen LogP contribution in [0.2, 0.25) is 0 Å². The largest absolute Gasteiger partial charge is 0.336 e. The Morgan fingerprint density at radius 2 is 2.55 bits per heavy atom. The zero-order chi connectivity index (χ0) is 8.27. The van der Waals surface area contributed by atoms with Crippen molar-refractivity contribution in [3.63, 3.8) is 0 Å². The van der Waals surface area contributed by atoms with Crippen LogP contribution >= 0.6 is 0 Å². The second-order valence-electron chi connectivity index (χ2n) is 2.85. The molecule has 0 saturated carbocycles. The molecule has 4 nitrogen and oxygen atoms in total. The molecule has 64 valence electrons. The van der Waals surface area contributed by atoms with Crippen LogP contribution in [0.25, 0.3) is 0 Å². The van der Waals surface area contributed by atoms with E-state index in [0.29, 0.717) is 6.54 Å². The van der Waals surface area contributed by atoms with Gasteiger partial charge in [0.1, 0.15) is 0 Å². The van der Waals surface area contributed by atoms with Gasteiger partial charge in [0.25, 0.3) is 0 Å². The fourth-order valence-corrected chi connectivity index (χ4v) is 1.30. The second-order valence-corrected chi connectivity index (χ2v) is 2.85. The summed E-state index contributed by atoms with van der Waals surface area (Å²) in [6, 6.07) is 0.327. The van der Waals surface area contributed by atoms with E-state index in [2.05, 4.69) is 5.32 Å². The molecule has 1 rings (SSSR count). The third kappa shape index (κ3) is 1.83. The van der Waals surface area contributed by atoms with Crippen LogP contribution in [0.4, 0.5) is 4.79 Å². The summed E-state index contributed by atoms with van der Waals surface area (Å²) in [6.45, 7) is 4.26. The maximum absolute atomic E-state index is 11.1. The van der Waals surface area contributed by atoms with Crippen molar-refractivity contribution >= 4 is 6.03 Å². The maximum Gasteiger partial charge on any atom is 0.317 e. The minimum atomic E-state index is 0.0472. The monoisotopic (exact) mass is 157 g/mol. The van der Waals surface area contributed by atoms with E-state index in [1.54, 1.807) is 0 Å². The lowest BCUT2D eigenvalue weighted by Gasteiger charge is -2.21. The molecule has 1 atom stereocenters. The van der Waals surface area contributed by atoms with Crippen molar-refractivity contribution in [1.82, 2.24) is 10.2 Å². The summed E-state index contributed by atoms with van der Waals surface area (Å²) >= 11 is 0. The van der Waals surface area contributed by atoms with E-state index in [4.69, 9.17) is 5.73 Å². The van der Waals surface area contributed by atoms with Gasteiger partial charge in [0.15, 0.2) is 0 Å². The Labute approximate surface area is 66.7 Å². The SMILES string of the molecule is CC(CCN)N1CCNC1=O. The van der Waals surface area contributed by atoms with E-state index < -0.39 is 0 Å². The van der Waals surface area contributed by atoms with Crippen LogP contribution in [-0.4, -0.2) is 36.6 Å². The van der Waals surface area contributed by atoms with Crippen LogP contribution in [0.3, 0.4) is 0 Å². The van der Waals surface area contributed by atoms with Crippen LogP contribution in [0, 0.1) is 0 Å². The van der Waals surface area contributed by atoms with Crippen LogP contribution in [-0.2, 0) is 0 Å². The molecule has 0 radical (unpaired) electrons. The highest BCUT2D eigenvalue weighted by Gasteiger charge is 2.23. The molecule has 0 bridgehead atoms. The number of rotatable bonds is 3. The third-order valence-corrected chi connectivity index (χ3v) is 2.01. The highest BCUT2D eigenvalue weighted by Crippen LogP contribution is 2.05. The van der Waals surface area contributed by atoms with Gasteiger partial charge in [-0.2, -0.15) is 0 Å². The van der Waals surface area contributed by atoms with E-state index in [9.17, 15) is 4.79 Å². The average Bonchev–Trinajstić information content (AvgIpc) is 2.36. The molecule has 1 aliphatic rings. The number of hydrogen-bond donors (Lipinski definition) is 2. The Balaban J connectivity index is 2.39. The van der Waals surface area contributed by atoms with Crippen molar-refractivity contribution in [3.8, 4) is 0 Å². The maximum atomic E-state index is 11.1. The van der Waals surface area contributed by atoms with Gasteiger partial charge in [-0.15, -0.1) is 0 Å². The number of amides is 2. The molecule has 11 heavy (non-hydrogen) atoms. The van der Waals surface area contributed by atoms with Gasteiger partial charge in [-0.1, -0.05) is 0 Å². The molecule has 4 heteroatoms. The number of nitrogens with one attached hydrogen (secondary N) is 1. The zero-order valence-corrected chi connectivity index (χ0v) is 6.84. The predicted molar refractivity (Wildman–Crippen MR) is 43.2 cm³/mol. The van der Waals surface area contributed by atoms with Crippen molar-refractivity contribution in [3.05, 3.63) is 0 Å². The molecule has 0 aromatic carbocycles. The van der Waals surface area contributed by atoms with E-state index in [0.717, 1.165) is 19.5 Å². The smallest absolute Gasteiger partial charge is 0.317 e. The summed E-state index contributed by atoms with van der Waals surface area (Å²) < 4.78 is 0. The summed E-state index contributed by atoms with van der Waals surface area (Å²) in [6.07, 6.45) is 0.882. The van der Waals surface area contributed by atoms with Crippen LogP contribution in [0.5, 0.6) is 0 Å². The minimum absolute atomic E-state index is 0.0472. The van der Waals surface area contributed by atoms with Gasteiger partial charge in [0.05, 0.1) is 0 Å². The van der Waals surface area contributed by atoms with E-state index in [-0.39, 0.29) is 12.1 Å². The molecular weight excluding hydrogens is 142 g/mol. The topological polar surface area (TPSA) is 58.4 Å². The Hall–Kier alpha value is -0.770. The quantitative estimate of drug-likeness (QED) is 0.593. The highest BCUT2D eigenvalue weighted by atomic mass is 16.2. The Kier molecular flexibility index (Phi) is 2.70. The van der Waals surface area contributed by atoms with E-state index >= 15 is 0 Å². The fourth-order valence-electron chi connectivity index (χ4n) is 1.30. The van der Waals surface area contributed by atoms with Crippen molar-refractivity contribution in [2.45, 2.75) is 19.4 Å².